The van der Waals surface area contributed by atoms with Gasteiger partial charge in [-0.3, -0.25) is 4.99 Å². The molecule has 1 saturated carbocycles. The van der Waals surface area contributed by atoms with Crippen molar-refractivity contribution in [3.8, 4) is 5.88 Å². The molecule has 1 heterocycles. The number of guanidine groups is 1. The Balaban J connectivity index is 1.83. The first-order valence-corrected chi connectivity index (χ1v) is 9.81. The minimum Gasteiger partial charge on any atom is -0.478 e. The minimum absolute atomic E-state index is 0.339. The average molecular weight is 363 g/mol. The van der Waals surface area contributed by atoms with E-state index in [0.29, 0.717) is 24.4 Å². The predicted octanol–water partition coefficient (Wildman–Crippen LogP) is 3.13. The molecule has 26 heavy (non-hydrogen) atoms. The number of hydrogen-bond acceptors (Lipinski definition) is 4. The van der Waals surface area contributed by atoms with Crippen LogP contribution in [-0.2, 0) is 11.3 Å². The third-order valence-electron chi connectivity index (χ3n) is 5.05. The van der Waals surface area contributed by atoms with Crippen LogP contribution in [0.5, 0.6) is 5.88 Å². The van der Waals surface area contributed by atoms with E-state index in [1.165, 1.54) is 25.7 Å². The van der Waals surface area contributed by atoms with Crippen LogP contribution in [0.1, 0.15) is 51.5 Å². The molecule has 0 radical (unpaired) electrons. The molecule has 0 aromatic carbocycles. The van der Waals surface area contributed by atoms with Crippen LogP contribution < -0.4 is 15.4 Å². The number of rotatable bonds is 10. The molecule has 1 aliphatic rings. The van der Waals surface area contributed by atoms with Crippen molar-refractivity contribution in [2.75, 3.05) is 33.4 Å². The molecule has 6 nitrogen and oxygen atoms in total. The number of pyridine rings is 1. The number of nitrogens with zero attached hydrogens (tertiary/aromatic N) is 2. The molecule has 0 unspecified atom stereocenters. The van der Waals surface area contributed by atoms with Gasteiger partial charge in [0, 0.05) is 45.6 Å². The SMILES string of the molecule is CCOCCC1(CNC(=NC)NCc2ccnc(OCC)c2)CCCC1. The van der Waals surface area contributed by atoms with Gasteiger partial charge < -0.3 is 20.1 Å². The number of ether oxygens (including phenoxy) is 2. The van der Waals surface area contributed by atoms with Crippen LogP contribution in [0.3, 0.4) is 0 Å². The smallest absolute Gasteiger partial charge is 0.213 e. The van der Waals surface area contributed by atoms with Crippen LogP contribution in [0.25, 0.3) is 0 Å². The van der Waals surface area contributed by atoms with E-state index < -0.39 is 0 Å². The molecule has 1 fully saturated rings. The van der Waals surface area contributed by atoms with Crippen LogP contribution in [0, 0.1) is 5.41 Å². The zero-order valence-corrected chi connectivity index (χ0v) is 16.5. The number of nitrogens with one attached hydrogen (secondary N) is 2. The fraction of sp³-hybridized carbons (Fsp3) is 0.700. The van der Waals surface area contributed by atoms with Gasteiger partial charge in [0.25, 0.3) is 0 Å². The summed E-state index contributed by atoms with van der Waals surface area (Å²) in [6.07, 6.45) is 8.07. The second kappa shape index (κ2) is 11.0. The number of aliphatic imine (C=N–C) groups is 1. The highest BCUT2D eigenvalue weighted by molar-refractivity contribution is 5.79. The Bertz CT molecular complexity index is 556. The summed E-state index contributed by atoms with van der Waals surface area (Å²) in [5, 5.41) is 6.91. The Morgan fingerprint density at radius 3 is 2.73 bits per heavy atom. The van der Waals surface area contributed by atoms with Crippen molar-refractivity contribution >= 4 is 5.96 Å². The quantitative estimate of drug-likeness (QED) is 0.380. The van der Waals surface area contributed by atoms with Crippen molar-refractivity contribution < 1.29 is 9.47 Å². The zero-order valence-electron chi connectivity index (χ0n) is 16.5. The molecule has 6 heteroatoms. The van der Waals surface area contributed by atoms with Gasteiger partial charge in [-0.25, -0.2) is 4.98 Å². The summed E-state index contributed by atoms with van der Waals surface area (Å²) in [6, 6.07) is 3.95. The summed E-state index contributed by atoms with van der Waals surface area (Å²) in [6.45, 7) is 7.92. The molecule has 146 valence electrons. The van der Waals surface area contributed by atoms with Crippen molar-refractivity contribution in [2.24, 2.45) is 10.4 Å². The molecule has 0 atom stereocenters. The monoisotopic (exact) mass is 362 g/mol. The maximum atomic E-state index is 5.60. The van der Waals surface area contributed by atoms with Gasteiger partial charge in [-0.05, 0) is 50.2 Å². The summed E-state index contributed by atoms with van der Waals surface area (Å²) in [5.41, 5.74) is 1.46. The zero-order chi connectivity index (χ0) is 18.7. The first kappa shape index (κ1) is 20.5. The molecule has 0 saturated heterocycles. The van der Waals surface area contributed by atoms with Crippen LogP contribution in [0.15, 0.2) is 23.3 Å². The maximum Gasteiger partial charge on any atom is 0.213 e. The van der Waals surface area contributed by atoms with Crippen LogP contribution in [-0.4, -0.2) is 44.4 Å². The average Bonchev–Trinajstić information content (AvgIpc) is 3.12. The van der Waals surface area contributed by atoms with Gasteiger partial charge in [0.15, 0.2) is 5.96 Å². The fourth-order valence-corrected chi connectivity index (χ4v) is 3.54. The second-order valence-corrected chi connectivity index (χ2v) is 6.87. The highest BCUT2D eigenvalue weighted by atomic mass is 16.5. The standard InChI is InChI=1S/C20H34N4O2/c1-4-25-13-11-20(9-6-7-10-20)16-24-19(21-3)23-15-17-8-12-22-18(14-17)26-5-2/h8,12,14H,4-7,9-11,13,15-16H2,1-3H3,(H2,21,23,24). The van der Waals surface area contributed by atoms with E-state index in [9.17, 15) is 0 Å². The number of hydrogen-bond donors (Lipinski definition) is 2. The number of aromatic nitrogens is 1. The van der Waals surface area contributed by atoms with Gasteiger partial charge in [0.1, 0.15) is 0 Å². The fourth-order valence-electron chi connectivity index (χ4n) is 3.54. The molecule has 0 aliphatic heterocycles. The Morgan fingerprint density at radius 2 is 2.04 bits per heavy atom. The van der Waals surface area contributed by atoms with E-state index in [1.807, 2.05) is 26.1 Å². The summed E-state index contributed by atoms with van der Waals surface area (Å²) in [7, 11) is 1.81. The van der Waals surface area contributed by atoms with Gasteiger partial charge >= 0.3 is 0 Å². The van der Waals surface area contributed by atoms with Gasteiger partial charge in [-0.15, -0.1) is 0 Å². The summed E-state index contributed by atoms with van der Waals surface area (Å²) in [5.74, 6) is 1.50. The lowest BCUT2D eigenvalue weighted by atomic mass is 9.83. The lowest BCUT2D eigenvalue weighted by Crippen LogP contribution is -2.43. The Labute approximate surface area is 157 Å². The van der Waals surface area contributed by atoms with Gasteiger partial charge in [0.2, 0.25) is 5.88 Å². The Hall–Kier alpha value is -1.82. The molecule has 2 rings (SSSR count). The largest absolute Gasteiger partial charge is 0.478 e. The van der Waals surface area contributed by atoms with E-state index in [4.69, 9.17) is 9.47 Å². The summed E-state index contributed by atoms with van der Waals surface area (Å²) < 4.78 is 11.1. The molecular weight excluding hydrogens is 328 g/mol. The molecule has 1 aliphatic carbocycles. The lowest BCUT2D eigenvalue weighted by Gasteiger charge is -2.30. The van der Waals surface area contributed by atoms with E-state index in [-0.39, 0.29) is 0 Å². The summed E-state index contributed by atoms with van der Waals surface area (Å²) >= 11 is 0. The molecule has 0 amide bonds. The first-order valence-electron chi connectivity index (χ1n) is 9.81. The third-order valence-corrected chi connectivity index (χ3v) is 5.05. The predicted molar refractivity (Wildman–Crippen MR) is 106 cm³/mol. The minimum atomic E-state index is 0.339. The summed E-state index contributed by atoms with van der Waals surface area (Å²) in [4.78, 5) is 8.57. The highest BCUT2D eigenvalue weighted by Gasteiger charge is 2.33. The molecule has 1 aromatic heterocycles. The van der Waals surface area contributed by atoms with Crippen molar-refractivity contribution in [1.29, 1.82) is 0 Å². The normalized spacial score (nSPS) is 16.5. The molecular formula is C20H34N4O2. The van der Waals surface area contributed by atoms with Crippen molar-refractivity contribution in [1.82, 2.24) is 15.6 Å². The first-order chi connectivity index (χ1) is 12.7. The lowest BCUT2D eigenvalue weighted by molar-refractivity contribution is 0.105. The van der Waals surface area contributed by atoms with Crippen LogP contribution in [0.2, 0.25) is 0 Å². The van der Waals surface area contributed by atoms with Crippen molar-refractivity contribution in [2.45, 2.75) is 52.5 Å². The van der Waals surface area contributed by atoms with Crippen LogP contribution >= 0.6 is 0 Å². The molecule has 0 bridgehead atoms. The van der Waals surface area contributed by atoms with E-state index >= 15 is 0 Å². The van der Waals surface area contributed by atoms with Crippen molar-refractivity contribution in [3.05, 3.63) is 23.9 Å². The Morgan fingerprint density at radius 1 is 1.23 bits per heavy atom. The van der Waals surface area contributed by atoms with E-state index in [2.05, 4.69) is 27.5 Å². The van der Waals surface area contributed by atoms with Crippen molar-refractivity contribution in [3.63, 3.8) is 0 Å². The van der Waals surface area contributed by atoms with E-state index in [1.54, 1.807) is 6.20 Å². The van der Waals surface area contributed by atoms with Gasteiger partial charge in [0.05, 0.1) is 6.61 Å². The second-order valence-electron chi connectivity index (χ2n) is 6.87. The molecule has 0 spiro atoms. The van der Waals surface area contributed by atoms with Gasteiger partial charge in [-0.1, -0.05) is 12.8 Å². The van der Waals surface area contributed by atoms with E-state index in [0.717, 1.165) is 37.7 Å². The molecule has 2 N–H and O–H groups in total. The third kappa shape index (κ3) is 6.48. The Kier molecular flexibility index (Phi) is 8.68. The highest BCUT2D eigenvalue weighted by Crippen LogP contribution is 2.40. The van der Waals surface area contributed by atoms with Gasteiger partial charge in [-0.2, -0.15) is 0 Å². The topological polar surface area (TPSA) is 67.8 Å². The molecule has 1 aromatic rings. The maximum absolute atomic E-state index is 5.60. The van der Waals surface area contributed by atoms with Crippen LogP contribution in [0.4, 0.5) is 0 Å².